The Morgan fingerprint density at radius 2 is 1.86 bits per heavy atom. The number of carbonyl (C=O) groups is 1. The molecule has 0 bridgehead atoms. The van der Waals surface area contributed by atoms with Crippen LogP contribution < -0.4 is 5.32 Å². The van der Waals surface area contributed by atoms with Gasteiger partial charge in [0.15, 0.2) is 11.5 Å². The van der Waals surface area contributed by atoms with Crippen LogP contribution in [0.25, 0.3) is 22.6 Å². The summed E-state index contributed by atoms with van der Waals surface area (Å²) in [6, 6.07) is 8.56. The Kier molecular flexibility index (Phi) is 6.76. The third-order valence-electron chi connectivity index (χ3n) is 8.28. The van der Waals surface area contributed by atoms with Crippen LogP contribution in [0.4, 0.5) is 5.82 Å². The van der Waals surface area contributed by atoms with Crippen molar-refractivity contribution in [2.75, 3.05) is 5.32 Å². The van der Waals surface area contributed by atoms with E-state index in [9.17, 15) is 9.90 Å². The maximum atomic E-state index is 11.9. The van der Waals surface area contributed by atoms with E-state index in [4.69, 9.17) is 4.98 Å². The first kappa shape index (κ1) is 23.8. The molecule has 7 heteroatoms. The van der Waals surface area contributed by atoms with Gasteiger partial charge in [-0.15, -0.1) is 0 Å². The topological polar surface area (TPSA) is 92.9 Å². The van der Waals surface area contributed by atoms with Gasteiger partial charge in [-0.1, -0.05) is 56.4 Å². The predicted octanol–water partition coefficient (Wildman–Crippen LogP) is 6.32. The number of aryl methyl sites for hydroxylation is 1. The van der Waals surface area contributed by atoms with Gasteiger partial charge in [0.1, 0.15) is 11.3 Å². The monoisotopic (exact) mass is 475 g/mol. The number of aromatic nitrogens is 4. The fourth-order valence-electron chi connectivity index (χ4n) is 5.77. The largest absolute Gasteiger partial charge is 0.475 e. The van der Waals surface area contributed by atoms with Gasteiger partial charge in [-0.2, -0.15) is 0 Å². The highest BCUT2D eigenvalue weighted by Crippen LogP contribution is 2.36. The molecule has 5 rings (SSSR count). The maximum Gasteiger partial charge on any atom is 0.374 e. The van der Waals surface area contributed by atoms with E-state index in [1.165, 1.54) is 56.9 Å². The van der Waals surface area contributed by atoms with Crippen molar-refractivity contribution in [3.05, 3.63) is 35.7 Å². The quantitative estimate of drug-likeness (QED) is 0.396. The number of aromatic carboxylic acids is 1. The Morgan fingerprint density at radius 1 is 1.11 bits per heavy atom. The van der Waals surface area contributed by atoms with Crippen LogP contribution in [0.1, 0.15) is 81.4 Å². The molecule has 7 nitrogen and oxygen atoms in total. The molecule has 0 unspecified atom stereocenters. The first-order valence-electron chi connectivity index (χ1n) is 13.3. The van der Waals surface area contributed by atoms with Gasteiger partial charge in [0, 0.05) is 18.2 Å². The van der Waals surface area contributed by atoms with Crippen LogP contribution in [0.2, 0.25) is 0 Å². The zero-order chi connectivity index (χ0) is 24.5. The summed E-state index contributed by atoms with van der Waals surface area (Å²) < 4.78 is 2.27. The molecule has 1 atom stereocenters. The van der Waals surface area contributed by atoms with Gasteiger partial charge in [0.25, 0.3) is 0 Å². The number of benzene rings is 1. The summed E-state index contributed by atoms with van der Waals surface area (Å²) in [5.74, 6) is 2.10. The smallest absolute Gasteiger partial charge is 0.374 e. The number of nitrogens with one attached hydrogen (secondary N) is 1. The number of hydrogen-bond acceptors (Lipinski definition) is 5. The van der Waals surface area contributed by atoms with Crippen molar-refractivity contribution in [1.82, 2.24) is 19.5 Å². The van der Waals surface area contributed by atoms with Crippen molar-refractivity contribution in [1.29, 1.82) is 0 Å². The average Bonchev–Trinajstić information content (AvgIpc) is 3.17. The number of nitrogens with zero attached hydrogens (tertiary/aromatic N) is 4. The lowest BCUT2D eigenvalue weighted by atomic mass is 9.80. The molecule has 1 aromatic carbocycles. The van der Waals surface area contributed by atoms with Crippen LogP contribution in [0.5, 0.6) is 0 Å². The number of carboxylic acid groups (broad SMARTS) is 1. The second-order valence-electron chi connectivity index (χ2n) is 10.7. The molecular weight excluding hydrogens is 438 g/mol. The average molecular weight is 476 g/mol. The van der Waals surface area contributed by atoms with E-state index in [2.05, 4.69) is 58.8 Å². The SMILES string of the molecule is CCC1CCC(Cn2c(-c3cccc(C)c3)nc3nc(C(=O)O)nc(N[C@H](C)C4CCC4)c32)CC1. The summed E-state index contributed by atoms with van der Waals surface area (Å²) >= 11 is 0. The predicted molar refractivity (Wildman–Crippen MR) is 139 cm³/mol. The van der Waals surface area contributed by atoms with Crippen molar-refractivity contribution >= 4 is 23.0 Å². The molecule has 3 aromatic rings. The molecule has 2 N–H and O–H groups in total. The highest BCUT2D eigenvalue weighted by Gasteiger charge is 2.29. The molecular formula is C28H37N5O2. The van der Waals surface area contributed by atoms with E-state index in [1.807, 2.05) is 6.07 Å². The van der Waals surface area contributed by atoms with Crippen molar-refractivity contribution in [2.45, 2.75) is 84.7 Å². The minimum absolute atomic E-state index is 0.204. The molecule has 2 aliphatic carbocycles. The number of anilines is 1. The third-order valence-corrected chi connectivity index (χ3v) is 8.28. The highest BCUT2D eigenvalue weighted by atomic mass is 16.4. The summed E-state index contributed by atoms with van der Waals surface area (Å²) in [4.78, 5) is 25.7. The molecule has 2 heterocycles. The second kappa shape index (κ2) is 9.96. The summed E-state index contributed by atoms with van der Waals surface area (Å²) in [5, 5.41) is 13.3. The number of carboxylic acids is 1. The minimum atomic E-state index is -1.13. The van der Waals surface area contributed by atoms with Crippen molar-refractivity contribution in [3.63, 3.8) is 0 Å². The van der Waals surface area contributed by atoms with Crippen LogP contribution >= 0.6 is 0 Å². The van der Waals surface area contributed by atoms with Gasteiger partial charge in [-0.05, 0) is 63.4 Å². The minimum Gasteiger partial charge on any atom is -0.475 e. The zero-order valence-electron chi connectivity index (χ0n) is 21.1. The van der Waals surface area contributed by atoms with Crippen LogP contribution in [0, 0.1) is 24.7 Å². The number of hydrogen-bond donors (Lipinski definition) is 2. The Morgan fingerprint density at radius 3 is 2.49 bits per heavy atom. The van der Waals surface area contributed by atoms with Gasteiger partial charge >= 0.3 is 5.97 Å². The van der Waals surface area contributed by atoms with E-state index in [0.717, 1.165) is 29.4 Å². The summed E-state index contributed by atoms with van der Waals surface area (Å²) in [6.07, 6.45) is 9.88. The molecule has 0 spiro atoms. The number of fused-ring (bicyclic) bond motifs is 1. The van der Waals surface area contributed by atoms with E-state index < -0.39 is 5.97 Å². The zero-order valence-corrected chi connectivity index (χ0v) is 21.1. The molecule has 2 aliphatic rings. The molecule has 0 saturated heterocycles. The van der Waals surface area contributed by atoms with Crippen molar-refractivity contribution in [2.24, 2.45) is 17.8 Å². The fraction of sp³-hybridized carbons (Fsp3) is 0.571. The second-order valence-corrected chi connectivity index (χ2v) is 10.7. The summed E-state index contributed by atoms with van der Waals surface area (Å²) in [7, 11) is 0. The third kappa shape index (κ3) is 4.91. The van der Waals surface area contributed by atoms with E-state index in [1.54, 1.807) is 0 Å². The van der Waals surface area contributed by atoms with E-state index >= 15 is 0 Å². The van der Waals surface area contributed by atoms with Gasteiger partial charge in [-0.25, -0.2) is 19.7 Å². The molecule has 0 radical (unpaired) electrons. The van der Waals surface area contributed by atoms with Crippen LogP contribution in [-0.2, 0) is 6.54 Å². The van der Waals surface area contributed by atoms with Crippen molar-refractivity contribution < 1.29 is 9.90 Å². The van der Waals surface area contributed by atoms with Gasteiger partial charge < -0.3 is 15.0 Å². The Balaban J connectivity index is 1.62. The summed E-state index contributed by atoms with van der Waals surface area (Å²) in [6.45, 7) is 7.39. The Labute approximate surface area is 207 Å². The van der Waals surface area contributed by atoms with Crippen molar-refractivity contribution in [3.8, 4) is 11.4 Å². The first-order chi connectivity index (χ1) is 16.9. The molecule has 35 heavy (non-hydrogen) atoms. The lowest BCUT2D eigenvalue weighted by molar-refractivity contribution is 0.0684. The van der Waals surface area contributed by atoms with Gasteiger partial charge in [-0.3, -0.25) is 0 Å². The molecule has 186 valence electrons. The van der Waals surface area contributed by atoms with Crippen LogP contribution in [0.3, 0.4) is 0 Å². The van der Waals surface area contributed by atoms with Gasteiger partial charge in [0.05, 0.1) is 0 Å². The highest BCUT2D eigenvalue weighted by molar-refractivity contribution is 5.92. The maximum absolute atomic E-state index is 11.9. The number of imidazole rings is 1. The van der Waals surface area contributed by atoms with Crippen LogP contribution in [-0.4, -0.2) is 36.6 Å². The lowest BCUT2D eigenvalue weighted by Crippen LogP contribution is -2.31. The first-order valence-corrected chi connectivity index (χ1v) is 13.3. The lowest BCUT2D eigenvalue weighted by Gasteiger charge is -2.32. The molecule has 2 fully saturated rings. The molecule has 2 aromatic heterocycles. The number of rotatable bonds is 8. The van der Waals surface area contributed by atoms with Gasteiger partial charge in [0.2, 0.25) is 5.82 Å². The standard InChI is InChI=1S/C28H37N5O2/c1-4-19-11-13-20(14-12-19)16-33-23-24(29-18(3)21-8-6-9-21)30-26(28(34)35)31-25(23)32-27(33)22-10-5-7-17(2)15-22/h5,7,10,15,18-21H,4,6,8-9,11-14,16H2,1-3H3,(H,34,35)(H,29,30,31)/t18-,19?,20?/m1/s1. The van der Waals surface area contributed by atoms with E-state index in [-0.39, 0.29) is 11.9 Å². The Bertz CT molecular complexity index is 1210. The van der Waals surface area contributed by atoms with E-state index in [0.29, 0.717) is 23.3 Å². The molecule has 0 amide bonds. The molecule has 2 saturated carbocycles. The Hall–Kier alpha value is -2.96. The fourth-order valence-corrected chi connectivity index (χ4v) is 5.77. The van der Waals surface area contributed by atoms with Crippen LogP contribution in [0.15, 0.2) is 24.3 Å². The normalized spacial score (nSPS) is 21.6. The summed E-state index contributed by atoms with van der Waals surface area (Å²) in [5.41, 5.74) is 3.48. The molecule has 0 aliphatic heterocycles.